The van der Waals surface area contributed by atoms with E-state index in [0.717, 1.165) is 29.6 Å². The average Bonchev–Trinajstić information content (AvgIpc) is 2.74. The van der Waals surface area contributed by atoms with Crippen molar-refractivity contribution in [3.8, 4) is 0 Å². The molecule has 0 amide bonds. The van der Waals surface area contributed by atoms with Crippen LogP contribution in [0.1, 0.15) is 50.9 Å². The minimum atomic E-state index is 0.620. The van der Waals surface area contributed by atoms with E-state index >= 15 is 0 Å². The smallest absolute Gasteiger partial charge is 0.0847 e. The molecule has 1 aliphatic rings. The molecule has 0 saturated heterocycles. The zero-order chi connectivity index (χ0) is 14.7. The standard InChI is InChI=1S/C16H28ClN3/c1-5-12-7-8-14(18-4)13(9-12)10-15-16(17)11(3)19-20(15)6-2/h12-14,18H,5-10H2,1-4H3. The van der Waals surface area contributed by atoms with Gasteiger partial charge in [0.05, 0.1) is 16.4 Å². The Kier molecular flexibility index (Phi) is 5.50. The van der Waals surface area contributed by atoms with Crippen LogP contribution in [0.2, 0.25) is 5.02 Å². The third-order valence-electron chi connectivity index (χ3n) is 4.95. The van der Waals surface area contributed by atoms with E-state index in [0.29, 0.717) is 12.0 Å². The normalized spacial score (nSPS) is 26.9. The van der Waals surface area contributed by atoms with Crippen molar-refractivity contribution in [3.05, 3.63) is 16.4 Å². The van der Waals surface area contributed by atoms with Gasteiger partial charge in [-0.05, 0) is 58.4 Å². The predicted molar refractivity (Wildman–Crippen MR) is 85.3 cm³/mol. The molecule has 3 atom stereocenters. The van der Waals surface area contributed by atoms with Crippen molar-refractivity contribution in [1.29, 1.82) is 0 Å². The first-order chi connectivity index (χ1) is 9.60. The van der Waals surface area contributed by atoms with Crippen molar-refractivity contribution >= 4 is 11.6 Å². The van der Waals surface area contributed by atoms with Crippen LogP contribution in [0.5, 0.6) is 0 Å². The Balaban J connectivity index is 2.17. The van der Waals surface area contributed by atoms with Crippen LogP contribution in [-0.4, -0.2) is 22.9 Å². The van der Waals surface area contributed by atoms with Crippen molar-refractivity contribution in [2.24, 2.45) is 11.8 Å². The van der Waals surface area contributed by atoms with E-state index in [-0.39, 0.29) is 0 Å². The Morgan fingerprint density at radius 3 is 2.70 bits per heavy atom. The van der Waals surface area contributed by atoms with Crippen LogP contribution in [0.15, 0.2) is 0 Å². The SMILES string of the molecule is CCC1CCC(NC)C(Cc2c(Cl)c(C)nn2CC)C1. The summed E-state index contributed by atoms with van der Waals surface area (Å²) in [5.41, 5.74) is 2.20. The number of hydrogen-bond acceptors (Lipinski definition) is 2. The van der Waals surface area contributed by atoms with Crippen LogP contribution in [0.3, 0.4) is 0 Å². The summed E-state index contributed by atoms with van der Waals surface area (Å²) in [5.74, 6) is 1.56. The maximum absolute atomic E-state index is 6.47. The van der Waals surface area contributed by atoms with Crippen LogP contribution in [0.25, 0.3) is 0 Å². The topological polar surface area (TPSA) is 29.9 Å². The summed E-state index contributed by atoms with van der Waals surface area (Å²) in [7, 11) is 2.09. The third-order valence-corrected chi connectivity index (χ3v) is 5.44. The molecule has 0 spiro atoms. The lowest BCUT2D eigenvalue weighted by atomic mass is 9.75. The van der Waals surface area contributed by atoms with Gasteiger partial charge in [0.15, 0.2) is 0 Å². The van der Waals surface area contributed by atoms with Gasteiger partial charge in [-0.1, -0.05) is 24.9 Å². The van der Waals surface area contributed by atoms with Crippen LogP contribution in [0, 0.1) is 18.8 Å². The zero-order valence-electron chi connectivity index (χ0n) is 13.2. The Morgan fingerprint density at radius 2 is 2.10 bits per heavy atom. The summed E-state index contributed by atoms with van der Waals surface area (Å²) in [6.45, 7) is 7.35. The highest BCUT2D eigenvalue weighted by atomic mass is 35.5. The second-order valence-electron chi connectivity index (χ2n) is 6.11. The molecule has 0 aliphatic heterocycles. The van der Waals surface area contributed by atoms with E-state index in [1.165, 1.54) is 31.4 Å². The summed E-state index contributed by atoms with van der Waals surface area (Å²) in [5, 5.41) is 8.93. The van der Waals surface area contributed by atoms with E-state index in [1.54, 1.807) is 0 Å². The number of aromatic nitrogens is 2. The number of hydrogen-bond donors (Lipinski definition) is 1. The van der Waals surface area contributed by atoms with Crippen molar-refractivity contribution in [3.63, 3.8) is 0 Å². The van der Waals surface area contributed by atoms with E-state index in [1.807, 2.05) is 6.92 Å². The molecule has 1 aliphatic carbocycles. The molecular weight excluding hydrogens is 270 g/mol. The molecule has 20 heavy (non-hydrogen) atoms. The van der Waals surface area contributed by atoms with Gasteiger partial charge in [0.25, 0.3) is 0 Å². The Labute approximate surface area is 128 Å². The first kappa shape index (κ1) is 15.8. The lowest BCUT2D eigenvalue weighted by Crippen LogP contribution is -2.40. The van der Waals surface area contributed by atoms with Gasteiger partial charge in [0.2, 0.25) is 0 Å². The number of rotatable bonds is 5. The molecule has 1 fully saturated rings. The molecular formula is C16H28ClN3. The highest BCUT2D eigenvalue weighted by molar-refractivity contribution is 6.31. The molecule has 0 aromatic carbocycles. The lowest BCUT2D eigenvalue weighted by Gasteiger charge is -2.36. The minimum absolute atomic E-state index is 0.620. The number of aryl methyl sites for hydroxylation is 2. The molecule has 4 heteroatoms. The maximum Gasteiger partial charge on any atom is 0.0847 e. The van der Waals surface area contributed by atoms with Crippen LogP contribution >= 0.6 is 11.6 Å². The number of nitrogens with one attached hydrogen (secondary N) is 1. The Morgan fingerprint density at radius 1 is 1.35 bits per heavy atom. The van der Waals surface area contributed by atoms with Gasteiger partial charge in [-0.3, -0.25) is 4.68 Å². The molecule has 1 N–H and O–H groups in total. The van der Waals surface area contributed by atoms with Crippen LogP contribution in [0.4, 0.5) is 0 Å². The lowest BCUT2D eigenvalue weighted by molar-refractivity contribution is 0.202. The van der Waals surface area contributed by atoms with Gasteiger partial charge in [0.1, 0.15) is 0 Å². The highest BCUT2D eigenvalue weighted by Gasteiger charge is 2.30. The first-order valence-electron chi connectivity index (χ1n) is 7.99. The van der Waals surface area contributed by atoms with Gasteiger partial charge in [-0.25, -0.2) is 0 Å². The summed E-state index contributed by atoms with van der Waals surface area (Å²) >= 11 is 6.47. The van der Waals surface area contributed by atoms with Gasteiger partial charge in [-0.2, -0.15) is 5.10 Å². The van der Waals surface area contributed by atoms with Crippen LogP contribution in [-0.2, 0) is 13.0 Å². The molecule has 1 aromatic rings. The molecule has 3 nitrogen and oxygen atoms in total. The van der Waals surface area contributed by atoms with E-state index in [4.69, 9.17) is 11.6 Å². The van der Waals surface area contributed by atoms with Gasteiger partial charge in [0, 0.05) is 12.6 Å². The number of nitrogens with zero attached hydrogens (tertiary/aromatic N) is 2. The number of halogens is 1. The maximum atomic E-state index is 6.47. The second kappa shape index (κ2) is 6.95. The van der Waals surface area contributed by atoms with Crippen molar-refractivity contribution in [1.82, 2.24) is 15.1 Å². The van der Waals surface area contributed by atoms with Gasteiger partial charge >= 0.3 is 0 Å². The molecule has 0 bridgehead atoms. The van der Waals surface area contributed by atoms with Crippen LogP contribution < -0.4 is 5.32 Å². The molecule has 1 aromatic heterocycles. The van der Waals surface area contributed by atoms with E-state index < -0.39 is 0 Å². The molecule has 2 rings (SSSR count). The summed E-state index contributed by atoms with van der Waals surface area (Å²) < 4.78 is 2.08. The molecule has 1 saturated carbocycles. The monoisotopic (exact) mass is 297 g/mol. The fraction of sp³-hybridized carbons (Fsp3) is 0.812. The van der Waals surface area contributed by atoms with Crippen molar-refractivity contribution < 1.29 is 0 Å². The highest BCUT2D eigenvalue weighted by Crippen LogP contribution is 2.35. The Hall–Kier alpha value is -0.540. The first-order valence-corrected chi connectivity index (χ1v) is 8.37. The minimum Gasteiger partial charge on any atom is -0.317 e. The fourth-order valence-corrected chi connectivity index (χ4v) is 3.86. The third kappa shape index (κ3) is 3.20. The average molecular weight is 298 g/mol. The van der Waals surface area contributed by atoms with E-state index in [2.05, 4.69) is 36.0 Å². The summed E-state index contributed by atoms with van der Waals surface area (Å²) in [6.07, 6.45) is 6.31. The molecule has 114 valence electrons. The summed E-state index contributed by atoms with van der Waals surface area (Å²) in [4.78, 5) is 0. The Bertz CT molecular complexity index is 441. The van der Waals surface area contributed by atoms with Crippen molar-refractivity contribution in [2.45, 2.75) is 65.5 Å². The van der Waals surface area contributed by atoms with E-state index in [9.17, 15) is 0 Å². The second-order valence-corrected chi connectivity index (χ2v) is 6.49. The van der Waals surface area contributed by atoms with Crippen molar-refractivity contribution in [2.75, 3.05) is 7.05 Å². The predicted octanol–water partition coefficient (Wildman–Crippen LogP) is 3.82. The van der Waals surface area contributed by atoms with Gasteiger partial charge < -0.3 is 5.32 Å². The molecule has 0 radical (unpaired) electrons. The zero-order valence-corrected chi connectivity index (χ0v) is 14.0. The summed E-state index contributed by atoms with van der Waals surface area (Å²) in [6, 6.07) is 0.620. The molecule has 3 unspecified atom stereocenters. The largest absolute Gasteiger partial charge is 0.317 e. The molecule has 1 heterocycles. The quantitative estimate of drug-likeness (QED) is 0.895. The fourth-order valence-electron chi connectivity index (χ4n) is 3.65. The van der Waals surface area contributed by atoms with Gasteiger partial charge in [-0.15, -0.1) is 0 Å².